The number of methoxy groups -OCH3 is 1. The number of nitrogens with two attached hydrogens (primary N) is 1. The molecule has 1 saturated carbocycles. The molecule has 110 valence electrons. The Kier molecular flexibility index (Phi) is 5.15. The Bertz CT molecular complexity index is 429. The lowest BCUT2D eigenvalue weighted by molar-refractivity contribution is -0.182. The van der Waals surface area contributed by atoms with E-state index in [9.17, 15) is 4.79 Å². The second kappa shape index (κ2) is 6.86. The van der Waals surface area contributed by atoms with Gasteiger partial charge in [-0.15, -0.1) is 0 Å². The number of amides is 1. The number of carbonyl (C=O) groups is 1. The largest absolute Gasteiger partial charge is 0.367 e. The first-order chi connectivity index (χ1) is 9.71. The van der Waals surface area contributed by atoms with Gasteiger partial charge in [0, 0.05) is 13.0 Å². The van der Waals surface area contributed by atoms with Crippen molar-refractivity contribution in [1.82, 2.24) is 0 Å². The number of benzene rings is 1. The third kappa shape index (κ3) is 2.86. The van der Waals surface area contributed by atoms with Gasteiger partial charge in [0.05, 0.1) is 0 Å². The Labute approximate surface area is 120 Å². The van der Waals surface area contributed by atoms with Crippen LogP contribution in [0.3, 0.4) is 0 Å². The van der Waals surface area contributed by atoms with Crippen LogP contribution in [-0.4, -0.2) is 19.8 Å². The van der Waals surface area contributed by atoms with Crippen LogP contribution in [0.1, 0.15) is 37.7 Å². The lowest BCUT2D eigenvalue weighted by Crippen LogP contribution is -2.50. The van der Waals surface area contributed by atoms with E-state index < -0.39 is 11.5 Å². The zero-order chi connectivity index (χ0) is 14.4. The predicted octanol–water partition coefficient (Wildman–Crippen LogP) is 2.57. The summed E-state index contributed by atoms with van der Waals surface area (Å²) in [6.07, 6.45) is 5.36. The van der Waals surface area contributed by atoms with E-state index in [-0.39, 0.29) is 12.7 Å². The van der Waals surface area contributed by atoms with Gasteiger partial charge in [-0.1, -0.05) is 49.6 Å². The molecule has 1 aromatic rings. The summed E-state index contributed by atoms with van der Waals surface area (Å²) in [5.74, 6) is -0.307. The van der Waals surface area contributed by atoms with Gasteiger partial charge < -0.3 is 15.2 Å². The van der Waals surface area contributed by atoms with Crippen molar-refractivity contribution < 1.29 is 14.3 Å². The van der Waals surface area contributed by atoms with Gasteiger partial charge in [0.15, 0.2) is 5.60 Å². The maximum atomic E-state index is 12.3. The second-order valence-electron chi connectivity index (χ2n) is 5.35. The van der Waals surface area contributed by atoms with E-state index in [2.05, 4.69) is 0 Å². The summed E-state index contributed by atoms with van der Waals surface area (Å²) in [5.41, 5.74) is 5.51. The molecule has 0 aliphatic heterocycles. The highest BCUT2D eigenvalue weighted by Gasteiger charge is 2.47. The summed E-state index contributed by atoms with van der Waals surface area (Å²) in [4.78, 5) is 12.3. The van der Waals surface area contributed by atoms with Crippen LogP contribution in [0, 0.1) is 5.92 Å². The van der Waals surface area contributed by atoms with Gasteiger partial charge in [-0.05, 0) is 18.4 Å². The molecule has 0 heterocycles. The fourth-order valence-corrected chi connectivity index (χ4v) is 3.20. The second-order valence-corrected chi connectivity index (χ2v) is 5.35. The van der Waals surface area contributed by atoms with E-state index in [1.165, 1.54) is 6.42 Å². The molecule has 1 aliphatic rings. The first-order valence-corrected chi connectivity index (χ1v) is 7.20. The number of primary amides is 1. The number of hydrogen-bond donors (Lipinski definition) is 1. The number of ether oxygens (including phenoxy) is 2. The van der Waals surface area contributed by atoms with E-state index in [1.807, 2.05) is 30.3 Å². The zero-order valence-electron chi connectivity index (χ0n) is 12.0. The van der Waals surface area contributed by atoms with Crippen molar-refractivity contribution in [2.24, 2.45) is 11.7 Å². The van der Waals surface area contributed by atoms with Crippen LogP contribution in [-0.2, 0) is 19.9 Å². The van der Waals surface area contributed by atoms with Crippen LogP contribution in [0.25, 0.3) is 0 Å². The number of rotatable bonds is 6. The van der Waals surface area contributed by atoms with Crippen molar-refractivity contribution in [3.8, 4) is 0 Å². The number of hydrogen-bond acceptors (Lipinski definition) is 3. The highest BCUT2D eigenvalue weighted by atomic mass is 16.7. The van der Waals surface area contributed by atoms with Crippen LogP contribution in [0.15, 0.2) is 30.3 Å². The first-order valence-electron chi connectivity index (χ1n) is 7.20. The average molecular weight is 277 g/mol. The van der Waals surface area contributed by atoms with Crippen molar-refractivity contribution in [3.63, 3.8) is 0 Å². The third-order valence-electron chi connectivity index (χ3n) is 4.15. The SMILES string of the molecule is COCOC(C(N)=O)(c1ccccc1)C1CCCCC1. The molecule has 1 amide bonds. The molecule has 4 nitrogen and oxygen atoms in total. The molecule has 1 aromatic carbocycles. The Hall–Kier alpha value is -1.39. The first kappa shape index (κ1) is 15.0. The molecular weight excluding hydrogens is 254 g/mol. The fourth-order valence-electron chi connectivity index (χ4n) is 3.20. The van der Waals surface area contributed by atoms with Crippen molar-refractivity contribution in [2.75, 3.05) is 13.9 Å². The molecule has 0 saturated heterocycles. The molecule has 2 N–H and O–H groups in total. The number of carbonyl (C=O) groups excluding carboxylic acids is 1. The van der Waals surface area contributed by atoms with Crippen LogP contribution < -0.4 is 5.73 Å². The lowest BCUT2D eigenvalue weighted by Gasteiger charge is -2.40. The summed E-state index contributed by atoms with van der Waals surface area (Å²) in [6, 6.07) is 9.56. The van der Waals surface area contributed by atoms with Crippen molar-refractivity contribution in [3.05, 3.63) is 35.9 Å². The molecular formula is C16H23NO3. The minimum absolute atomic E-state index is 0.0638. The molecule has 20 heavy (non-hydrogen) atoms. The van der Waals surface area contributed by atoms with Crippen molar-refractivity contribution >= 4 is 5.91 Å². The molecule has 0 bridgehead atoms. The molecule has 2 rings (SSSR count). The fraction of sp³-hybridized carbons (Fsp3) is 0.562. The lowest BCUT2D eigenvalue weighted by atomic mass is 9.72. The van der Waals surface area contributed by atoms with Crippen molar-refractivity contribution in [1.29, 1.82) is 0 Å². The van der Waals surface area contributed by atoms with Crippen LogP contribution in [0.2, 0.25) is 0 Å². The van der Waals surface area contributed by atoms with Gasteiger partial charge in [0.25, 0.3) is 5.91 Å². The van der Waals surface area contributed by atoms with E-state index >= 15 is 0 Å². The van der Waals surface area contributed by atoms with Gasteiger partial charge in [-0.3, -0.25) is 4.79 Å². The van der Waals surface area contributed by atoms with E-state index in [4.69, 9.17) is 15.2 Å². The van der Waals surface area contributed by atoms with E-state index in [1.54, 1.807) is 7.11 Å². The summed E-state index contributed by atoms with van der Waals surface area (Å²) < 4.78 is 10.9. The molecule has 0 aromatic heterocycles. The molecule has 1 unspecified atom stereocenters. The summed E-state index contributed by atoms with van der Waals surface area (Å²) in [5, 5.41) is 0. The Morgan fingerprint density at radius 2 is 1.90 bits per heavy atom. The molecule has 1 aliphatic carbocycles. The molecule has 0 radical (unpaired) electrons. The average Bonchev–Trinajstić information content (AvgIpc) is 2.50. The Balaban J connectivity index is 2.40. The third-order valence-corrected chi connectivity index (χ3v) is 4.15. The normalized spacial score (nSPS) is 19.4. The van der Waals surface area contributed by atoms with Gasteiger partial charge in [0.1, 0.15) is 6.79 Å². The van der Waals surface area contributed by atoms with Crippen LogP contribution in [0.5, 0.6) is 0 Å². The Morgan fingerprint density at radius 3 is 2.45 bits per heavy atom. The standard InChI is InChI=1S/C16H23NO3/c1-19-12-20-16(15(17)18,13-8-4-2-5-9-13)14-10-6-3-7-11-14/h2,4-5,8-9,14H,3,6-7,10-12H2,1H3,(H2,17,18). The van der Waals surface area contributed by atoms with Crippen LogP contribution >= 0.6 is 0 Å². The topological polar surface area (TPSA) is 61.6 Å². The van der Waals surface area contributed by atoms with Gasteiger partial charge >= 0.3 is 0 Å². The summed E-state index contributed by atoms with van der Waals surface area (Å²) in [7, 11) is 1.55. The van der Waals surface area contributed by atoms with Crippen molar-refractivity contribution in [2.45, 2.75) is 37.7 Å². The van der Waals surface area contributed by atoms with Crippen LogP contribution in [0.4, 0.5) is 0 Å². The maximum Gasteiger partial charge on any atom is 0.254 e. The molecule has 1 atom stereocenters. The maximum absolute atomic E-state index is 12.3. The van der Waals surface area contributed by atoms with E-state index in [0.29, 0.717) is 0 Å². The highest BCUT2D eigenvalue weighted by molar-refractivity contribution is 5.85. The minimum Gasteiger partial charge on any atom is -0.367 e. The summed E-state index contributed by atoms with van der Waals surface area (Å²) in [6.45, 7) is 0.0638. The monoisotopic (exact) mass is 277 g/mol. The zero-order valence-corrected chi connectivity index (χ0v) is 12.0. The molecule has 0 spiro atoms. The van der Waals surface area contributed by atoms with Gasteiger partial charge in [0.2, 0.25) is 0 Å². The Morgan fingerprint density at radius 1 is 1.25 bits per heavy atom. The predicted molar refractivity (Wildman–Crippen MR) is 76.9 cm³/mol. The van der Waals surface area contributed by atoms with Gasteiger partial charge in [-0.25, -0.2) is 0 Å². The molecule has 1 fully saturated rings. The molecule has 4 heteroatoms. The quantitative estimate of drug-likeness (QED) is 0.813. The minimum atomic E-state index is -1.07. The van der Waals surface area contributed by atoms with E-state index in [0.717, 1.165) is 31.2 Å². The van der Waals surface area contributed by atoms with Gasteiger partial charge in [-0.2, -0.15) is 0 Å². The highest BCUT2D eigenvalue weighted by Crippen LogP contribution is 2.42. The smallest absolute Gasteiger partial charge is 0.254 e. The summed E-state index contributed by atoms with van der Waals surface area (Å²) >= 11 is 0.